The highest BCUT2D eigenvalue weighted by molar-refractivity contribution is 7.13. The van der Waals surface area contributed by atoms with Crippen molar-refractivity contribution in [2.75, 3.05) is 18.0 Å². The number of anilines is 1. The third kappa shape index (κ3) is 3.30. The minimum Gasteiger partial charge on any atom is -0.478 e. The number of aromatic nitrogens is 1. The van der Waals surface area contributed by atoms with Crippen LogP contribution >= 0.6 is 11.3 Å². The Labute approximate surface area is 105 Å². The van der Waals surface area contributed by atoms with Crippen LogP contribution in [0.15, 0.2) is 11.5 Å². The quantitative estimate of drug-likeness (QED) is 0.840. The minimum absolute atomic E-state index is 0.728. The van der Waals surface area contributed by atoms with Gasteiger partial charge in [-0.15, -0.1) is 11.3 Å². The Bertz CT molecular complexity index is 420. The molecule has 1 N–H and O–H groups in total. The lowest BCUT2D eigenvalue weighted by atomic mass is 10.00. The number of aliphatic carboxylic acids is 1. The van der Waals surface area contributed by atoms with Gasteiger partial charge in [0, 0.05) is 24.5 Å². The molecule has 0 aromatic carbocycles. The second kappa shape index (κ2) is 5.31. The van der Waals surface area contributed by atoms with Crippen molar-refractivity contribution < 1.29 is 9.90 Å². The smallest absolute Gasteiger partial charge is 0.328 e. The van der Waals surface area contributed by atoms with E-state index in [9.17, 15) is 4.79 Å². The molecule has 0 radical (unpaired) electrons. The van der Waals surface area contributed by atoms with E-state index in [0.29, 0.717) is 0 Å². The average Bonchev–Trinajstić information content (AvgIpc) is 2.76. The number of carboxylic acids is 1. The summed E-state index contributed by atoms with van der Waals surface area (Å²) in [6, 6.07) is 0. The Morgan fingerprint density at radius 2 is 2.29 bits per heavy atom. The first-order valence-corrected chi connectivity index (χ1v) is 6.64. The Morgan fingerprint density at radius 3 is 2.94 bits per heavy atom. The molecule has 5 heteroatoms. The molecule has 0 aliphatic carbocycles. The van der Waals surface area contributed by atoms with Crippen LogP contribution in [0.3, 0.4) is 0 Å². The van der Waals surface area contributed by atoms with Crippen LogP contribution in [0.5, 0.6) is 0 Å². The molecule has 1 aliphatic rings. The van der Waals surface area contributed by atoms with Crippen molar-refractivity contribution in [2.24, 2.45) is 5.92 Å². The predicted molar refractivity (Wildman–Crippen MR) is 69.4 cm³/mol. The number of nitrogens with zero attached hydrogens (tertiary/aromatic N) is 2. The fourth-order valence-electron chi connectivity index (χ4n) is 1.85. The van der Waals surface area contributed by atoms with Gasteiger partial charge in [0.2, 0.25) is 0 Å². The van der Waals surface area contributed by atoms with E-state index >= 15 is 0 Å². The van der Waals surface area contributed by atoms with Gasteiger partial charge >= 0.3 is 5.97 Å². The van der Waals surface area contributed by atoms with E-state index in [1.165, 1.54) is 18.9 Å². The lowest BCUT2D eigenvalue weighted by molar-refractivity contribution is -0.131. The molecule has 0 saturated carbocycles. The van der Waals surface area contributed by atoms with Crippen LogP contribution in [0.1, 0.15) is 25.5 Å². The highest BCUT2D eigenvalue weighted by Crippen LogP contribution is 2.26. The summed E-state index contributed by atoms with van der Waals surface area (Å²) < 4.78 is 0. The van der Waals surface area contributed by atoms with E-state index in [4.69, 9.17) is 5.11 Å². The van der Waals surface area contributed by atoms with Gasteiger partial charge in [-0.05, 0) is 24.8 Å². The summed E-state index contributed by atoms with van der Waals surface area (Å²) in [6.07, 6.45) is 5.08. The van der Waals surface area contributed by atoms with Crippen LogP contribution in [0.2, 0.25) is 0 Å². The molecule has 0 unspecified atom stereocenters. The second-order valence-corrected chi connectivity index (χ2v) is 5.23. The zero-order valence-electron chi connectivity index (χ0n) is 9.80. The summed E-state index contributed by atoms with van der Waals surface area (Å²) in [4.78, 5) is 17.1. The first kappa shape index (κ1) is 12.1. The number of carbonyl (C=O) groups is 1. The van der Waals surface area contributed by atoms with E-state index in [0.717, 1.165) is 35.9 Å². The van der Waals surface area contributed by atoms with E-state index in [1.807, 2.05) is 5.38 Å². The van der Waals surface area contributed by atoms with Gasteiger partial charge in [0.25, 0.3) is 0 Å². The molecule has 92 valence electrons. The van der Waals surface area contributed by atoms with E-state index in [1.54, 1.807) is 11.3 Å². The van der Waals surface area contributed by atoms with Crippen LogP contribution < -0.4 is 4.90 Å². The van der Waals surface area contributed by atoms with Gasteiger partial charge < -0.3 is 10.0 Å². The molecule has 1 aromatic heterocycles. The van der Waals surface area contributed by atoms with Crippen LogP contribution in [0.25, 0.3) is 6.08 Å². The lowest BCUT2D eigenvalue weighted by Gasteiger charge is -2.29. The summed E-state index contributed by atoms with van der Waals surface area (Å²) in [6.45, 7) is 4.38. The lowest BCUT2D eigenvalue weighted by Crippen LogP contribution is -2.32. The minimum atomic E-state index is -0.939. The van der Waals surface area contributed by atoms with E-state index in [2.05, 4.69) is 16.8 Å². The van der Waals surface area contributed by atoms with Crippen LogP contribution in [0, 0.1) is 5.92 Å². The number of hydrogen-bond donors (Lipinski definition) is 1. The first-order chi connectivity index (χ1) is 8.15. The molecule has 17 heavy (non-hydrogen) atoms. The zero-order valence-corrected chi connectivity index (χ0v) is 10.6. The van der Waals surface area contributed by atoms with Gasteiger partial charge in [-0.25, -0.2) is 9.78 Å². The maximum absolute atomic E-state index is 10.4. The van der Waals surface area contributed by atoms with Crippen molar-refractivity contribution in [2.45, 2.75) is 19.8 Å². The maximum atomic E-state index is 10.4. The van der Waals surface area contributed by atoms with E-state index in [-0.39, 0.29) is 0 Å². The number of carboxylic acid groups (broad SMARTS) is 1. The van der Waals surface area contributed by atoms with E-state index < -0.39 is 5.97 Å². The molecule has 2 rings (SSSR count). The summed E-state index contributed by atoms with van der Waals surface area (Å²) >= 11 is 1.58. The van der Waals surface area contributed by atoms with Gasteiger partial charge in [0.15, 0.2) is 5.13 Å². The number of thiazole rings is 1. The Hall–Kier alpha value is -1.36. The number of rotatable bonds is 3. The molecule has 0 atom stereocenters. The van der Waals surface area contributed by atoms with Gasteiger partial charge in [-0.1, -0.05) is 6.92 Å². The van der Waals surface area contributed by atoms with Crippen LogP contribution in [-0.2, 0) is 4.79 Å². The van der Waals surface area contributed by atoms with Gasteiger partial charge in [-0.3, -0.25) is 0 Å². The first-order valence-electron chi connectivity index (χ1n) is 5.76. The molecular weight excluding hydrogens is 236 g/mol. The molecule has 2 heterocycles. The van der Waals surface area contributed by atoms with Crippen LogP contribution in [0.4, 0.5) is 5.13 Å². The molecule has 1 aliphatic heterocycles. The molecule has 1 saturated heterocycles. The molecule has 0 amide bonds. The molecule has 1 fully saturated rings. The maximum Gasteiger partial charge on any atom is 0.328 e. The van der Waals surface area contributed by atoms with Gasteiger partial charge in [0.1, 0.15) is 0 Å². The summed E-state index contributed by atoms with van der Waals surface area (Å²) in [7, 11) is 0. The van der Waals surface area contributed by atoms with Crippen molar-refractivity contribution in [1.29, 1.82) is 0 Å². The topological polar surface area (TPSA) is 53.4 Å². The highest BCUT2D eigenvalue weighted by Gasteiger charge is 2.17. The zero-order chi connectivity index (χ0) is 12.3. The third-order valence-electron chi connectivity index (χ3n) is 2.96. The van der Waals surface area contributed by atoms with Crippen molar-refractivity contribution in [3.8, 4) is 0 Å². The second-order valence-electron chi connectivity index (χ2n) is 4.40. The van der Waals surface area contributed by atoms with Crippen molar-refractivity contribution >= 4 is 28.5 Å². The summed E-state index contributed by atoms with van der Waals surface area (Å²) in [5.41, 5.74) is 0.728. The molecule has 4 nitrogen and oxygen atoms in total. The molecule has 0 spiro atoms. The van der Waals surface area contributed by atoms with Crippen molar-refractivity contribution in [3.05, 3.63) is 17.2 Å². The van der Waals surface area contributed by atoms with Crippen molar-refractivity contribution in [3.63, 3.8) is 0 Å². The third-order valence-corrected chi connectivity index (χ3v) is 3.88. The monoisotopic (exact) mass is 252 g/mol. The highest BCUT2D eigenvalue weighted by atomic mass is 32.1. The van der Waals surface area contributed by atoms with Crippen molar-refractivity contribution in [1.82, 2.24) is 4.98 Å². The van der Waals surface area contributed by atoms with Crippen LogP contribution in [-0.4, -0.2) is 29.1 Å². The average molecular weight is 252 g/mol. The Morgan fingerprint density at radius 1 is 1.59 bits per heavy atom. The SMILES string of the molecule is CC1CCN(c2nc(/C=C/C(=O)O)cs2)CC1. The standard InChI is InChI=1S/C12H16N2O2S/c1-9-4-6-14(7-5-9)12-13-10(8-17-12)2-3-11(15)16/h2-3,8-9H,4-7H2,1H3,(H,15,16)/b3-2+. The Balaban J connectivity index is 2.00. The molecular formula is C12H16N2O2S. The fraction of sp³-hybridized carbons (Fsp3) is 0.500. The fourth-order valence-corrected chi connectivity index (χ4v) is 2.70. The predicted octanol–water partition coefficient (Wildman–Crippen LogP) is 2.48. The summed E-state index contributed by atoms with van der Waals surface area (Å²) in [5, 5.41) is 11.4. The summed E-state index contributed by atoms with van der Waals surface area (Å²) in [5.74, 6) is -0.135. The normalized spacial score (nSPS) is 17.8. The Kier molecular flexibility index (Phi) is 3.78. The van der Waals surface area contributed by atoms with Gasteiger partial charge in [-0.2, -0.15) is 0 Å². The number of piperidine rings is 1. The molecule has 1 aromatic rings. The largest absolute Gasteiger partial charge is 0.478 e. The molecule has 0 bridgehead atoms. The number of hydrogen-bond acceptors (Lipinski definition) is 4. The van der Waals surface area contributed by atoms with Gasteiger partial charge in [0.05, 0.1) is 5.69 Å².